The van der Waals surface area contributed by atoms with Gasteiger partial charge in [-0.25, -0.2) is 0 Å². The van der Waals surface area contributed by atoms with E-state index in [0.717, 1.165) is 12.0 Å². The predicted octanol–water partition coefficient (Wildman–Crippen LogP) is 2.88. The molecule has 0 saturated carbocycles. The highest BCUT2D eigenvalue weighted by atomic mass is 35.5. The van der Waals surface area contributed by atoms with Crippen molar-refractivity contribution in [3.05, 3.63) is 17.7 Å². The molecule has 0 saturated heterocycles. The number of ether oxygens (including phenoxy) is 2. The Morgan fingerprint density at radius 1 is 1.22 bits per heavy atom. The lowest BCUT2D eigenvalue weighted by Crippen LogP contribution is -2.18. The molecule has 3 N–H and O–H groups in total. The highest BCUT2D eigenvalue weighted by molar-refractivity contribution is 5.85. The molecule has 0 bridgehead atoms. The van der Waals surface area contributed by atoms with Crippen LogP contribution in [0.15, 0.2) is 12.1 Å². The first-order chi connectivity index (χ1) is 8.04. The van der Waals surface area contributed by atoms with E-state index >= 15 is 0 Å². The molecule has 0 radical (unpaired) electrons. The highest BCUT2D eigenvalue weighted by Crippen LogP contribution is 2.39. The van der Waals surface area contributed by atoms with E-state index in [0.29, 0.717) is 17.4 Å². The van der Waals surface area contributed by atoms with Crippen LogP contribution < -0.4 is 15.2 Å². The average Bonchev–Trinajstić information content (AvgIpc) is 2.37. The standard InChI is InChI=1S/C13H21NO3.ClH/c1-5-8(2)12(14)9-6-10(16-3)13(15)11(7-9)17-4;/h6-8,12,15H,5,14H2,1-4H3;1H/t8?,12-;/m0./s1. The Balaban J connectivity index is 0.00000289. The zero-order valence-corrected chi connectivity index (χ0v) is 12.1. The van der Waals surface area contributed by atoms with Gasteiger partial charge in [0.25, 0.3) is 0 Å². The van der Waals surface area contributed by atoms with Crippen molar-refractivity contribution in [2.45, 2.75) is 26.3 Å². The van der Waals surface area contributed by atoms with Crippen molar-refractivity contribution in [2.75, 3.05) is 14.2 Å². The molecule has 0 spiro atoms. The lowest BCUT2D eigenvalue weighted by molar-refractivity contribution is 0.337. The van der Waals surface area contributed by atoms with Gasteiger partial charge in [-0.05, 0) is 23.6 Å². The molecule has 2 atom stereocenters. The zero-order chi connectivity index (χ0) is 13.0. The molecule has 0 aromatic heterocycles. The van der Waals surface area contributed by atoms with E-state index in [2.05, 4.69) is 13.8 Å². The monoisotopic (exact) mass is 275 g/mol. The SMILES string of the molecule is CCC(C)[C@H](N)c1cc(OC)c(O)c(OC)c1.Cl. The Morgan fingerprint density at radius 3 is 2.00 bits per heavy atom. The molecule has 5 heteroatoms. The maximum Gasteiger partial charge on any atom is 0.200 e. The summed E-state index contributed by atoms with van der Waals surface area (Å²) in [7, 11) is 3.01. The van der Waals surface area contributed by atoms with Gasteiger partial charge in [-0.15, -0.1) is 12.4 Å². The molecule has 1 aromatic carbocycles. The molecule has 0 aliphatic heterocycles. The summed E-state index contributed by atoms with van der Waals surface area (Å²) in [6, 6.07) is 3.42. The fourth-order valence-electron chi connectivity index (χ4n) is 1.69. The van der Waals surface area contributed by atoms with Crippen LogP contribution in [0.3, 0.4) is 0 Å². The van der Waals surface area contributed by atoms with Gasteiger partial charge in [-0.3, -0.25) is 0 Å². The summed E-state index contributed by atoms with van der Waals surface area (Å²) in [6.07, 6.45) is 0.993. The normalized spacial score (nSPS) is 13.4. The molecule has 0 heterocycles. The average molecular weight is 276 g/mol. The van der Waals surface area contributed by atoms with Gasteiger partial charge in [0.05, 0.1) is 14.2 Å². The fraction of sp³-hybridized carbons (Fsp3) is 0.538. The number of hydrogen-bond acceptors (Lipinski definition) is 4. The minimum atomic E-state index is -0.0941. The first-order valence-electron chi connectivity index (χ1n) is 5.75. The van der Waals surface area contributed by atoms with Crippen molar-refractivity contribution >= 4 is 12.4 Å². The van der Waals surface area contributed by atoms with E-state index in [4.69, 9.17) is 15.2 Å². The molecule has 1 unspecified atom stereocenters. The van der Waals surface area contributed by atoms with Gasteiger partial charge in [0.1, 0.15) is 0 Å². The summed E-state index contributed by atoms with van der Waals surface area (Å²) in [5, 5.41) is 9.80. The third-order valence-electron chi connectivity index (χ3n) is 3.14. The van der Waals surface area contributed by atoms with Gasteiger partial charge in [-0.2, -0.15) is 0 Å². The number of halogens is 1. The van der Waals surface area contributed by atoms with Crippen LogP contribution in [-0.4, -0.2) is 19.3 Å². The second-order valence-corrected chi connectivity index (χ2v) is 4.19. The van der Waals surface area contributed by atoms with Gasteiger partial charge < -0.3 is 20.3 Å². The van der Waals surface area contributed by atoms with Crippen LogP contribution in [0.25, 0.3) is 0 Å². The highest BCUT2D eigenvalue weighted by Gasteiger charge is 2.18. The van der Waals surface area contributed by atoms with E-state index in [1.807, 2.05) is 0 Å². The van der Waals surface area contributed by atoms with Crippen molar-refractivity contribution in [1.29, 1.82) is 0 Å². The molecule has 0 aliphatic carbocycles. The largest absolute Gasteiger partial charge is 0.502 e. The molecule has 0 fully saturated rings. The number of hydrogen-bond donors (Lipinski definition) is 2. The summed E-state index contributed by atoms with van der Waals surface area (Å²) in [5.41, 5.74) is 7.06. The smallest absolute Gasteiger partial charge is 0.200 e. The minimum Gasteiger partial charge on any atom is -0.502 e. The number of aromatic hydroxyl groups is 1. The quantitative estimate of drug-likeness (QED) is 0.867. The van der Waals surface area contributed by atoms with Gasteiger partial charge in [0.15, 0.2) is 11.5 Å². The van der Waals surface area contributed by atoms with Crippen molar-refractivity contribution in [3.63, 3.8) is 0 Å². The molecule has 0 amide bonds. The van der Waals surface area contributed by atoms with Gasteiger partial charge in [-0.1, -0.05) is 20.3 Å². The predicted molar refractivity (Wildman–Crippen MR) is 74.8 cm³/mol. The number of nitrogens with two attached hydrogens (primary N) is 1. The molecular formula is C13H22ClNO3. The molecule has 4 nitrogen and oxygen atoms in total. The van der Waals surface area contributed by atoms with E-state index in [9.17, 15) is 5.11 Å². The maximum absolute atomic E-state index is 9.80. The van der Waals surface area contributed by atoms with Gasteiger partial charge in [0.2, 0.25) is 5.75 Å². The Bertz CT molecular complexity index is 359. The Hall–Kier alpha value is -1.13. The minimum absolute atomic E-state index is 0. The molecule has 0 aliphatic rings. The second kappa shape index (κ2) is 7.34. The van der Waals surface area contributed by atoms with Crippen LogP contribution in [0, 0.1) is 5.92 Å². The zero-order valence-electron chi connectivity index (χ0n) is 11.3. The third kappa shape index (κ3) is 3.43. The third-order valence-corrected chi connectivity index (χ3v) is 3.14. The van der Waals surface area contributed by atoms with Crippen LogP contribution in [-0.2, 0) is 0 Å². The van der Waals surface area contributed by atoms with Gasteiger partial charge in [0, 0.05) is 6.04 Å². The van der Waals surface area contributed by atoms with E-state index in [1.165, 1.54) is 14.2 Å². The molecule has 1 rings (SSSR count). The van der Waals surface area contributed by atoms with Gasteiger partial charge >= 0.3 is 0 Å². The number of benzene rings is 1. The number of phenolic OH excluding ortho intramolecular Hbond substituents is 1. The van der Waals surface area contributed by atoms with E-state index < -0.39 is 0 Å². The van der Waals surface area contributed by atoms with Crippen LogP contribution in [0.4, 0.5) is 0 Å². The van der Waals surface area contributed by atoms with Crippen LogP contribution >= 0.6 is 12.4 Å². The van der Waals surface area contributed by atoms with Crippen molar-refractivity contribution in [3.8, 4) is 17.2 Å². The fourth-order valence-corrected chi connectivity index (χ4v) is 1.69. The van der Waals surface area contributed by atoms with Crippen LogP contribution in [0.5, 0.6) is 17.2 Å². The second-order valence-electron chi connectivity index (χ2n) is 4.19. The summed E-state index contributed by atoms with van der Waals surface area (Å²) in [5.74, 6) is 1.14. The molecule has 104 valence electrons. The lowest BCUT2D eigenvalue weighted by atomic mass is 9.93. The lowest BCUT2D eigenvalue weighted by Gasteiger charge is -2.20. The van der Waals surface area contributed by atoms with Crippen LogP contribution in [0.2, 0.25) is 0 Å². The Morgan fingerprint density at radius 2 is 1.67 bits per heavy atom. The topological polar surface area (TPSA) is 64.7 Å². The maximum atomic E-state index is 9.80. The molecule has 18 heavy (non-hydrogen) atoms. The molecule has 1 aromatic rings. The number of phenols is 1. The Kier molecular flexibility index (Phi) is 6.88. The van der Waals surface area contributed by atoms with E-state index in [-0.39, 0.29) is 24.2 Å². The summed E-state index contributed by atoms with van der Waals surface area (Å²) in [6.45, 7) is 4.19. The van der Waals surface area contributed by atoms with Crippen molar-refractivity contribution < 1.29 is 14.6 Å². The summed E-state index contributed by atoms with van der Waals surface area (Å²) < 4.78 is 10.2. The van der Waals surface area contributed by atoms with Crippen molar-refractivity contribution in [1.82, 2.24) is 0 Å². The molecular weight excluding hydrogens is 254 g/mol. The van der Waals surface area contributed by atoms with E-state index in [1.54, 1.807) is 12.1 Å². The number of methoxy groups -OCH3 is 2. The van der Waals surface area contributed by atoms with Crippen LogP contribution in [0.1, 0.15) is 31.9 Å². The first-order valence-corrected chi connectivity index (χ1v) is 5.75. The first kappa shape index (κ1) is 16.9. The number of rotatable bonds is 5. The summed E-state index contributed by atoms with van der Waals surface area (Å²) >= 11 is 0. The summed E-state index contributed by atoms with van der Waals surface area (Å²) in [4.78, 5) is 0. The Labute approximate surface area is 115 Å². The van der Waals surface area contributed by atoms with Crippen molar-refractivity contribution in [2.24, 2.45) is 11.7 Å².